The second kappa shape index (κ2) is 8.62. The molecule has 2 N–H and O–H groups in total. The average Bonchev–Trinajstić information content (AvgIpc) is 2.45. The van der Waals surface area contributed by atoms with Gasteiger partial charge in [0.2, 0.25) is 5.96 Å². The number of aliphatic imine (C=N–C) groups is 1. The van der Waals surface area contributed by atoms with Crippen LogP contribution >= 0.6 is 0 Å². The summed E-state index contributed by atoms with van der Waals surface area (Å²) in [4.78, 5) is 38.4. The van der Waals surface area contributed by atoms with Crippen LogP contribution < -0.4 is 10.6 Å². The van der Waals surface area contributed by atoms with Gasteiger partial charge in [-0.3, -0.25) is 10.1 Å². The Morgan fingerprint density at radius 1 is 1.12 bits per heavy atom. The lowest BCUT2D eigenvalue weighted by molar-refractivity contribution is -0.384. The number of ether oxygens (including phenoxy) is 2. The maximum absolute atomic E-state index is 12.3. The molecule has 0 unspecified atom stereocenters. The Bertz CT molecular complexity index is 669. The third-order valence-corrected chi connectivity index (χ3v) is 2.61. The number of nitro groups is 1. The van der Waals surface area contributed by atoms with E-state index in [1.165, 1.54) is 24.3 Å². The first-order valence-corrected chi connectivity index (χ1v) is 7.41. The van der Waals surface area contributed by atoms with Crippen LogP contribution in [0.1, 0.15) is 27.7 Å². The maximum Gasteiger partial charge on any atom is 0.437 e. The van der Waals surface area contributed by atoms with E-state index in [0.717, 1.165) is 4.90 Å². The number of nitrogens with two attached hydrogens (primary N) is 1. The molecule has 0 atom stereocenters. The first kappa shape index (κ1) is 19.9. The predicted molar refractivity (Wildman–Crippen MR) is 90.4 cm³/mol. The first-order chi connectivity index (χ1) is 11.6. The number of carbonyl (C=O) groups is 2. The fourth-order valence-corrected chi connectivity index (χ4v) is 1.68. The van der Waals surface area contributed by atoms with E-state index in [9.17, 15) is 19.7 Å². The van der Waals surface area contributed by atoms with Crippen LogP contribution in [0.3, 0.4) is 0 Å². The summed E-state index contributed by atoms with van der Waals surface area (Å²) in [6.07, 6.45) is -2.73. The largest absolute Gasteiger partial charge is 0.446 e. The number of rotatable bonds is 4. The molecule has 0 aliphatic carbocycles. The lowest BCUT2D eigenvalue weighted by Gasteiger charge is -2.22. The smallest absolute Gasteiger partial charge is 0.437 e. The fourth-order valence-electron chi connectivity index (χ4n) is 1.68. The summed E-state index contributed by atoms with van der Waals surface area (Å²) in [5.74, 6) is -0.481. The molecule has 10 heteroatoms. The molecular weight excluding hydrogens is 332 g/mol. The second-order valence-corrected chi connectivity index (χ2v) is 5.44. The highest BCUT2D eigenvalue weighted by atomic mass is 16.6. The molecule has 0 aliphatic rings. The van der Waals surface area contributed by atoms with Crippen molar-refractivity contribution in [3.05, 3.63) is 34.4 Å². The van der Waals surface area contributed by atoms with Crippen LogP contribution in [0.2, 0.25) is 0 Å². The lowest BCUT2D eigenvalue weighted by atomic mass is 10.2. The van der Waals surface area contributed by atoms with Gasteiger partial charge >= 0.3 is 12.2 Å². The van der Waals surface area contributed by atoms with Gasteiger partial charge in [-0.1, -0.05) is 0 Å². The van der Waals surface area contributed by atoms with Gasteiger partial charge in [0.15, 0.2) is 0 Å². The third-order valence-electron chi connectivity index (χ3n) is 2.61. The van der Waals surface area contributed by atoms with Crippen LogP contribution in [-0.4, -0.2) is 35.3 Å². The van der Waals surface area contributed by atoms with Gasteiger partial charge in [0.25, 0.3) is 5.69 Å². The van der Waals surface area contributed by atoms with Crippen molar-refractivity contribution >= 4 is 29.5 Å². The van der Waals surface area contributed by atoms with Crippen LogP contribution in [0.25, 0.3) is 0 Å². The summed E-state index contributed by atoms with van der Waals surface area (Å²) in [5, 5.41) is 10.7. The van der Waals surface area contributed by atoms with Crippen LogP contribution in [0.4, 0.5) is 21.0 Å². The molecule has 0 aliphatic heterocycles. The molecule has 10 nitrogen and oxygen atoms in total. The molecule has 0 fully saturated rings. The molecule has 0 aromatic heterocycles. The Labute approximate surface area is 144 Å². The Morgan fingerprint density at radius 3 is 2.08 bits per heavy atom. The molecule has 1 aromatic rings. The molecule has 2 amide bonds. The molecule has 0 heterocycles. The van der Waals surface area contributed by atoms with E-state index < -0.39 is 35.3 Å². The summed E-state index contributed by atoms with van der Waals surface area (Å²) in [7, 11) is 0. The fraction of sp³-hybridized carbons (Fsp3) is 0.400. The number of nitro benzene ring substituents is 1. The molecule has 1 rings (SSSR count). The summed E-state index contributed by atoms with van der Waals surface area (Å²) in [6, 6.07) is 4.95. The molecule has 0 spiro atoms. The van der Waals surface area contributed by atoms with E-state index in [4.69, 9.17) is 15.2 Å². The highest BCUT2D eigenvalue weighted by Gasteiger charge is 2.24. The molecule has 1 aromatic carbocycles. The van der Waals surface area contributed by atoms with Gasteiger partial charge in [-0.15, -0.1) is 4.99 Å². The monoisotopic (exact) mass is 352 g/mol. The minimum atomic E-state index is -0.975. The Kier molecular flexibility index (Phi) is 6.85. The Balaban J connectivity index is 3.20. The van der Waals surface area contributed by atoms with E-state index in [0.29, 0.717) is 0 Å². The minimum Gasteiger partial charge on any atom is -0.446 e. The number of carbonyl (C=O) groups excluding carboxylic acids is 2. The number of anilines is 1. The third kappa shape index (κ3) is 6.09. The Morgan fingerprint density at radius 2 is 1.64 bits per heavy atom. The van der Waals surface area contributed by atoms with Crippen LogP contribution in [0.5, 0.6) is 0 Å². The maximum atomic E-state index is 12.3. The second-order valence-electron chi connectivity index (χ2n) is 5.44. The highest BCUT2D eigenvalue weighted by Crippen LogP contribution is 2.20. The number of hydrogen-bond donors (Lipinski definition) is 1. The number of amides is 2. The highest BCUT2D eigenvalue weighted by molar-refractivity contribution is 6.15. The zero-order chi connectivity index (χ0) is 19.1. The van der Waals surface area contributed by atoms with Gasteiger partial charge in [-0.05, 0) is 39.8 Å². The molecule has 25 heavy (non-hydrogen) atoms. The first-order valence-electron chi connectivity index (χ1n) is 7.41. The molecule has 0 radical (unpaired) electrons. The summed E-state index contributed by atoms with van der Waals surface area (Å²) >= 11 is 0. The topological polar surface area (TPSA) is 137 Å². The van der Waals surface area contributed by atoms with Gasteiger partial charge in [0, 0.05) is 12.1 Å². The van der Waals surface area contributed by atoms with E-state index >= 15 is 0 Å². The van der Waals surface area contributed by atoms with Crippen molar-refractivity contribution in [2.45, 2.75) is 39.9 Å². The van der Waals surface area contributed by atoms with Crippen LogP contribution in [-0.2, 0) is 9.47 Å². The van der Waals surface area contributed by atoms with Crippen molar-refractivity contribution < 1.29 is 24.0 Å². The average molecular weight is 352 g/mol. The standard InChI is InChI=1S/C15H20N4O6/c1-9(2)24-14(20)17-13(16)18(15(21)25-10(3)4)11-5-7-12(8-6-11)19(22)23/h5-10H,1-4H3,(H2,16,17,20). The number of guanidine groups is 1. The van der Waals surface area contributed by atoms with Crippen molar-refractivity contribution in [1.82, 2.24) is 0 Å². The summed E-state index contributed by atoms with van der Waals surface area (Å²) in [6.45, 7) is 6.52. The normalized spacial score (nSPS) is 11.4. The SMILES string of the molecule is CC(C)OC(=O)/N=C(\N)N(C(=O)OC(C)C)c1ccc([N+](=O)[O-])cc1. The van der Waals surface area contributed by atoms with Crippen molar-refractivity contribution in [2.24, 2.45) is 10.7 Å². The number of hydrogen-bond acceptors (Lipinski definition) is 6. The quantitative estimate of drug-likeness (QED) is 0.380. The van der Waals surface area contributed by atoms with Crippen LogP contribution in [0, 0.1) is 10.1 Å². The van der Waals surface area contributed by atoms with Gasteiger partial charge < -0.3 is 15.2 Å². The van der Waals surface area contributed by atoms with E-state index in [-0.39, 0.29) is 11.4 Å². The minimum absolute atomic E-state index is 0.148. The van der Waals surface area contributed by atoms with E-state index in [2.05, 4.69) is 4.99 Å². The molecular formula is C15H20N4O6. The predicted octanol–water partition coefficient (Wildman–Crippen LogP) is 2.81. The number of benzene rings is 1. The van der Waals surface area contributed by atoms with Crippen LogP contribution in [0.15, 0.2) is 29.3 Å². The Hall–Kier alpha value is -3.17. The molecule has 0 bridgehead atoms. The van der Waals surface area contributed by atoms with Gasteiger partial charge in [0.1, 0.15) is 0 Å². The summed E-state index contributed by atoms with van der Waals surface area (Å²) < 4.78 is 9.91. The number of nitrogens with zero attached hydrogens (tertiary/aromatic N) is 3. The zero-order valence-electron chi connectivity index (χ0n) is 14.3. The van der Waals surface area contributed by atoms with E-state index in [1.54, 1.807) is 27.7 Å². The van der Waals surface area contributed by atoms with Gasteiger partial charge in [0.05, 0.1) is 22.8 Å². The van der Waals surface area contributed by atoms with Crippen molar-refractivity contribution in [3.63, 3.8) is 0 Å². The van der Waals surface area contributed by atoms with Crippen molar-refractivity contribution in [3.8, 4) is 0 Å². The van der Waals surface area contributed by atoms with Crippen molar-refractivity contribution in [1.29, 1.82) is 0 Å². The van der Waals surface area contributed by atoms with E-state index in [1.807, 2.05) is 0 Å². The lowest BCUT2D eigenvalue weighted by Crippen LogP contribution is -2.44. The molecule has 0 saturated heterocycles. The van der Waals surface area contributed by atoms with Gasteiger partial charge in [-0.25, -0.2) is 14.5 Å². The van der Waals surface area contributed by atoms with Gasteiger partial charge in [-0.2, -0.15) is 0 Å². The summed E-state index contributed by atoms with van der Waals surface area (Å²) in [5.41, 5.74) is 5.72. The molecule has 0 saturated carbocycles. The van der Waals surface area contributed by atoms with Crippen molar-refractivity contribution in [2.75, 3.05) is 4.90 Å². The number of non-ortho nitro benzene ring substituents is 1. The zero-order valence-corrected chi connectivity index (χ0v) is 14.3. The molecule has 136 valence electrons.